The first-order chi connectivity index (χ1) is 12.2. The fraction of sp³-hybridized carbons (Fsp3) is 0.727. The van der Waals surface area contributed by atoms with E-state index in [4.69, 9.17) is 0 Å². The normalized spacial score (nSPS) is 40.7. The molecule has 1 saturated heterocycles. The Labute approximate surface area is 157 Å². The van der Waals surface area contributed by atoms with Crippen LogP contribution in [0.5, 0.6) is 0 Å². The Morgan fingerprint density at radius 1 is 1.27 bits per heavy atom. The maximum absolute atomic E-state index is 13.5. The van der Waals surface area contributed by atoms with Gasteiger partial charge in [0.25, 0.3) is 0 Å². The number of carbonyl (C=O) groups excluding carboxylic acids is 2. The Kier molecular flexibility index (Phi) is 5.17. The molecular weight excluding hydrogens is 326 g/mol. The number of nitrogens with one attached hydrogen (secondary N) is 1. The van der Waals surface area contributed by atoms with Crippen LogP contribution >= 0.6 is 0 Å². The van der Waals surface area contributed by atoms with Gasteiger partial charge in [-0.3, -0.25) is 9.59 Å². The highest BCUT2D eigenvalue weighted by molar-refractivity contribution is 6.09. The molecular formula is C22H33NO3. The van der Waals surface area contributed by atoms with Crippen molar-refractivity contribution in [2.75, 3.05) is 0 Å². The summed E-state index contributed by atoms with van der Waals surface area (Å²) in [5.74, 6) is 0.307. The van der Waals surface area contributed by atoms with Crippen molar-refractivity contribution in [1.82, 2.24) is 5.32 Å². The summed E-state index contributed by atoms with van der Waals surface area (Å²) in [5, 5.41) is 13.5. The van der Waals surface area contributed by atoms with Gasteiger partial charge in [-0.25, -0.2) is 0 Å². The summed E-state index contributed by atoms with van der Waals surface area (Å²) in [4.78, 5) is 26.8. The second-order valence-electron chi connectivity index (χ2n) is 9.18. The molecule has 1 amide bonds. The topological polar surface area (TPSA) is 66.4 Å². The molecule has 6 unspecified atom stereocenters. The molecule has 2 N–H and O–H groups in total. The first-order valence-electron chi connectivity index (χ1n) is 10.0. The van der Waals surface area contributed by atoms with E-state index in [1.54, 1.807) is 0 Å². The highest BCUT2D eigenvalue weighted by atomic mass is 16.3. The van der Waals surface area contributed by atoms with Crippen LogP contribution < -0.4 is 5.32 Å². The van der Waals surface area contributed by atoms with Crippen LogP contribution in [0, 0.1) is 29.1 Å². The van der Waals surface area contributed by atoms with Crippen LogP contribution in [0.3, 0.4) is 0 Å². The minimum absolute atomic E-state index is 0.0229. The zero-order chi connectivity index (χ0) is 19.2. The van der Waals surface area contributed by atoms with E-state index in [9.17, 15) is 14.7 Å². The van der Waals surface area contributed by atoms with E-state index in [-0.39, 0.29) is 41.9 Å². The van der Waals surface area contributed by atoms with Gasteiger partial charge in [0.2, 0.25) is 5.91 Å². The van der Waals surface area contributed by atoms with Crippen LogP contribution in [0.1, 0.15) is 60.3 Å². The third-order valence-electron chi connectivity index (χ3n) is 6.85. The number of carbonyl (C=O) groups is 2. The summed E-state index contributed by atoms with van der Waals surface area (Å²) in [6.45, 7) is 10.7. The van der Waals surface area contributed by atoms with Crippen LogP contribution in [0.2, 0.25) is 0 Å². The summed E-state index contributed by atoms with van der Waals surface area (Å²) in [6.07, 6.45) is 5.65. The maximum atomic E-state index is 13.5. The third-order valence-corrected chi connectivity index (χ3v) is 6.85. The molecule has 0 aromatic rings. The molecule has 0 aromatic carbocycles. The van der Waals surface area contributed by atoms with Crippen LogP contribution in [0.4, 0.5) is 0 Å². The lowest BCUT2D eigenvalue weighted by atomic mass is 9.54. The van der Waals surface area contributed by atoms with E-state index in [0.717, 1.165) is 12.0 Å². The van der Waals surface area contributed by atoms with Crippen molar-refractivity contribution in [3.63, 3.8) is 0 Å². The number of hydrogen-bond donors (Lipinski definition) is 2. The van der Waals surface area contributed by atoms with Crippen molar-refractivity contribution >= 4 is 11.7 Å². The number of amides is 1. The molecule has 144 valence electrons. The Bertz CT molecular complexity index is 662. The minimum atomic E-state index is -1.03. The van der Waals surface area contributed by atoms with Gasteiger partial charge in [-0.2, -0.15) is 0 Å². The lowest BCUT2D eigenvalue weighted by Gasteiger charge is -2.46. The highest BCUT2D eigenvalue weighted by Gasteiger charge is 2.65. The standard InChI is InChI=1S/C22H33NO3/c1-12(2)8-18-20-15(5)14(4)10-16-9-13(3)6-7-17(24)11-19(25)22(16,20)21(26)23-18/h6,10,12,15-18,20,24H,7-9,11H2,1-5H3,(H,23,26). The molecule has 0 aromatic heterocycles. The molecule has 4 nitrogen and oxygen atoms in total. The van der Waals surface area contributed by atoms with Crippen LogP contribution in [0.15, 0.2) is 23.3 Å². The predicted octanol–water partition coefficient (Wildman–Crippen LogP) is 3.41. The van der Waals surface area contributed by atoms with E-state index < -0.39 is 11.5 Å². The Morgan fingerprint density at radius 2 is 1.96 bits per heavy atom. The Morgan fingerprint density at radius 3 is 2.62 bits per heavy atom. The molecule has 1 spiro atoms. The van der Waals surface area contributed by atoms with Crippen LogP contribution in [0.25, 0.3) is 0 Å². The van der Waals surface area contributed by atoms with Gasteiger partial charge in [0.15, 0.2) is 5.78 Å². The van der Waals surface area contributed by atoms with Gasteiger partial charge in [0, 0.05) is 24.3 Å². The second kappa shape index (κ2) is 6.95. The zero-order valence-corrected chi connectivity index (χ0v) is 16.7. The number of allylic oxidation sites excluding steroid dienone is 3. The number of Topliss-reactive ketones (excluding diaryl/α,β-unsaturated/α-hetero) is 1. The summed E-state index contributed by atoms with van der Waals surface area (Å²) >= 11 is 0. The smallest absolute Gasteiger partial charge is 0.234 e. The predicted molar refractivity (Wildman–Crippen MR) is 102 cm³/mol. The minimum Gasteiger partial charge on any atom is -0.392 e. The zero-order valence-electron chi connectivity index (χ0n) is 16.7. The Balaban J connectivity index is 2.16. The van der Waals surface area contributed by atoms with Crippen molar-refractivity contribution < 1.29 is 14.7 Å². The largest absolute Gasteiger partial charge is 0.392 e. The van der Waals surface area contributed by atoms with E-state index in [1.165, 1.54) is 5.57 Å². The first-order valence-corrected chi connectivity index (χ1v) is 10.0. The first kappa shape index (κ1) is 19.3. The van der Waals surface area contributed by atoms with Gasteiger partial charge < -0.3 is 10.4 Å². The number of aliphatic hydroxyl groups excluding tert-OH is 1. The van der Waals surface area contributed by atoms with E-state index in [0.29, 0.717) is 18.8 Å². The van der Waals surface area contributed by atoms with E-state index in [1.807, 2.05) is 13.0 Å². The maximum Gasteiger partial charge on any atom is 0.234 e. The number of aliphatic hydroxyl groups is 1. The van der Waals surface area contributed by atoms with Crippen LogP contribution in [-0.2, 0) is 9.59 Å². The van der Waals surface area contributed by atoms with Crippen molar-refractivity contribution in [3.8, 4) is 0 Å². The number of hydrogen-bond acceptors (Lipinski definition) is 3. The number of rotatable bonds is 2. The fourth-order valence-electron chi connectivity index (χ4n) is 5.57. The molecule has 0 bridgehead atoms. The molecule has 6 atom stereocenters. The van der Waals surface area contributed by atoms with Gasteiger partial charge in [-0.05, 0) is 44.9 Å². The third kappa shape index (κ3) is 2.96. The molecule has 0 radical (unpaired) electrons. The second-order valence-corrected chi connectivity index (χ2v) is 9.18. The summed E-state index contributed by atoms with van der Waals surface area (Å²) in [6, 6.07) is 0.0229. The number of ketones is 1. The molecule has 3 aliphatic rings. The fourth-order valence-corrected chi connectivity index (χ4v) is 5.57. The molecule has 3 rings (SSSR count). The summed E-state index contributed by atoms with van der Waals surface area (Å²) in [7, 11) is 0. The van der Waals surface area contributed by atoms with Crippen molar-refractivity contribution in [3.05, 3.63) is 23.3 Å². The summed E-state index contributed by atoms with van der Waals surface area (Å²) in [5.41, 5.74) is 1.40. The molecule has 2 aliphatic carbocycles. The van der Waals surface area contributed by atoms with Crippen molar-refractivity contribution in [2.24, 2.45) is 29.1 Å². The van der Waals surface area contributed by atoms with Gasteiger partial charge in [-0.15, -0.1) is 0 Å². The molecule has 1 heterocycles. The van der Waals surface area contributed by atoms with Gasteiger partial charge in [0.1, 0.15) is 5.41 Å². The van der Waals surface area contributed by atoms with Gasteiger partial charge in [0.05, 0.1) is 6.10 Å². The lowest BCUT2D eigenvalue weighted by Crippen LogP contribution is -2.53. The molecule has 4 heteroatoms. The summed E-state index contributed by atoms with van der Waals surface area (Å²) < 4.78 is 0. The van der Waals surface area contributed by atoms with Crippen LogP contribution in [-0.4, -0.2) is 28.9 Å². The van der Waals surface area contributed by atoms with Crippen molar-refractivity contribution in [2.45, 2.75) is 72.4 Å². The average Bonchev–Trinajstić information content (AvgIpc) is 2.84. The molecule has 0 saturated carbocycles. The molecule has 1 fully saturated rings. The van der Waals surface area contributed by atoms with E-state index in [2.05, 4.69) is 39.1 Å². The van der Waals surface area contributed by atoms with Gasteiger partial charge in [-0.1, -0.05) is 44.1 Å². The lowest BCUT2D eigenvalue weighted by molar-refractivity contribution is -0.147. The van der Waals surface area contributed by atoms with E-state index >= 15 is 0 Å². The highest BCUT2D eigenvalue weighted by Crippen LogP contribution is 2.56. The SMILES string of the molecule is CC1=CCC(O)CC(=O)C23C(=O)NC(CC(C)C)C2C(C)C(C)=CC3C1. The quantitative estimate of drug-likeness (QED) is 0.586. The monoisotopic (exact) mass is 359 g/mol. The van der Waals surface area contributed by atoms with Gasteiger partial charge >= 0.3 is 0 Å². The average molecular weight is 360 g/mol. The molecule has 26 heavy (non-hydrogen) atoms. The Hall–Kier alpha value is -1.42. The molecule has 1 aliphatic heterocycles. The van der Waals surface area contributed by atoms with Crippen molar-refractivity contribution in [1.29, 1.82) is 0 Å².